The predicted molar refractivity (Wildman–Crippen MR) is 83.0 cm³/mol. The van der Waals surface area contributed by atoms with Crippen molar-refractivity contribution in [3.8, 4) is 0 Å². The highest BCUT2D eigenvalue weighted by Gasteiger charge is 2.43. The summed E-state index contributed by atoms with van der Waals surface area (Å²) in [4.78, 5) is 11.6. The van der Waals surface area contributed by atoms with Crippen LogP contribution in [0.5, 0.6) is 0 Å². The van der Waals surface area contributed by atoms with Crippen molar-refractivity contribution in [2.45, 2.75) is 68.7 Å². The first-order valence-corrected chi connectivity index (χ1v) is 7.77. The number of rotatable bonds is 8. The van der Waals surface area contributed by atoms with Crippen LogP contribution < -0.4 is 0 Å². The van der Waals surface area contributed by atoms with Crippen molar-refractivity contribution in [3.63, 3.8) is 0 Å². The molecule has 0 aromatic rings. The molecular formula is C14H23Cl3O2. The molecule has 0 rings (SSSR count). The molecule has 0 fully saturated rings. The number of hydrogen-bond acceptors (Lipinski definition) is 2. The van der Waals surface area contributed by atoms with E-state index in [1.807, 2.05) is 6.08 Å². The van der Waals surface area contributed by atoms with Crippen LogP contribution in [0.15, 0.2) is 12.2 Å². The third-order valence-electron chi connectivity index (χ3n) is 2.71. The van der Waals surface area contributed by atoms with E-state index in [1.54, 1.807) is 13.8 Å². The molecule has 0 radical (unpaired) electrons. The number of carbonyl (C=O) groups excluding carboxylic acids is 1. The monoisotopic (exact) mass is 328 g/mol. The zero-order chi connectivity index (χ0) is 14.9. The van der Waals surface area contributed by atoms with Crippen molar-refractivity contribution in [1.82, 2.24) is 0 Å². The number of halogens is 3. The average molecular weight is 330 g/mol. The molecule has 112 valence electrons. The van der Waals surface area contributed by atoms with E-state index in [-0.39, 0.29) is 5.97 Å². The molecule has 0 aromatic carbocycles. The lowest BCUT2D eigenvalue weighted by Gasteiger charge is -2.31. The van der Waals surface area contributed by atoms with Crippen LogP contribution in [0, 0.1) is 0 Å². The molecule has 0 unspecified atom stereocenters. The van der Waals surface area contributed by atoms with Crippen LogP contribution in [0.4, 0.5) is 0 Å². The summed E-state index contributed by atoms with van der Waals surface area (Å²) in [5.74, 6) is -0.352. The van der Waals surface area contributed by atoms with Gasteiger partial charge in [0.25, 0.3) is 0 Å². The van der Waals surface area contributed by atoms with Crippen LogP contribution in [0.3, 0.4) is 0 Å². The average Bonchev–Trinajstić information content (AvgIpc) is 2.25. The molecule has 2 nitrogen and oxygen atoms in total. The molecule has 0 aliphatic rings. The fourth-order valence-corrected chi connectivity index (χ4v) is 1.46. The van der Waals surface area contributed by atoms with Gasteiger partial charge in [-0.25, -0.2) is 0 Å². The van der Waals surface area contributed by atoms with E-state index in [0.717, 1.165) is 6.42 Å². The minimum atomic E-state index is -1.63. The summed E-state index contributed by atoms with van der Waals surface area (Å²) >= 11 is 17.2. The molecule has 5 heteroatoms. The highest BCUT2D eigenvalue weighted by molar-refractivity contribution is 6.68. The second-order valence-corrected chi connectivity index (χ2v) is 7.27. The van der Waals surface area contributed by atoms with Gasteiger partial charge in [0.1, 0.15) is 0 Å². The van der Waals surface area contributed by atoms with Gasteiger partial charge < -0.3 is 4.74 Å². The summed E-state index contributed by atoms with van der Waals surface area (Å²) in [6.07, 6.45) is 9.76. The van der Waals surface area contributed by atoms with Gasteiger partial charge in [-0.2, -0.15) is 0 Å². The number of hydrogen-bond donors (Lipinski definition) is 0. The van der Waals surface area contributed by atoms with E-state index in [2.05, 4.69) is 13.0 Å². The first-order valence-electron chi connectivity index (χ1n) is 6.64. The quantitative estimate of drug-likeness (QED) is 0.251. The number of esters is 1. The molecule has 0 aliphatic carbocycles. The summed E-state index contributed by atoms with van der Waals surface area (Å²) in [7, 11) is 0. The number of unbranched alkanes of at least 4 members (excludes halogenated alkanes) is 3. The van der Waals surface area contributed by atoms with E-state index < -0.39 is 9.39 Å². The van der Waals surface area contributed by atoms with Gasteiger partial charge in [-0.1, -0.05) is 66.7 Å². The van der Waals surface area contributed by atoms with Gasteiger partial charge in [0.05, 0.1) is 0 Å². The highest BCUT2D eigenvalue weighted by Crippen LogP contribution is 2.40. The van der Waals surface area contributed by atoms with E-state index in [1.165, 1.54) is 19.3 Å². The van der Waals surface area contributed by atoms with Crippen LogP contribution in [0.25, 0.3) is 0 Å². The summed E-state index contributed by atoms with van der Waals surface area (Å²) in [5, 5.41) is 0. The molecule has 0 aromatic heterocycles. The maximum atomic E-state index is 11.6. The van der Waals surface area contributed by atoms with Gasteiger partial charge in [0.2, 0.25) is 3.79 Å². The highest BCUT2D eigenvalue weighted by atomic mass is 35.6. The van der Waals surface area contributed by atoms with Crippen LogP contribution in [-0.2, 0) is 9.53 Å². The summed E-state index contributed by atoms with van der Waals surface area (Å²) in [6, 6.07) is 0. The SMILES string of the molecule is CCCCCC=CCCC(=O)OC(C)(C)C(Cl)(Cl)Cl. The molecular weight excluding hydrogens is 307 g/mol. The van der Waals surface area contributed by atoms with E-state index >= 15 is 0 Å². The summed E-state index contributed by atoms with van der Waals surface area (Å²) < 4.78 is 3.55. The lowest BCUT2D eigenvalue weighted by atomic mass is 10.1. The third kappa shape index (κ3) is 8.78. The fraction of sp³-hybridized carbons (Fsp3) is 0.786. The molecule has 0 amide bonds. The van der Waals surface area contributed by atoms with Crippen molar-refractivity contribution >= 4 is 40.8 Å². The molecule has 0 atom stereocenters. The number of allylic oxidation sites excluding steroid dienone is 2. The Bertz CT molecular complexity index is 294. The van der Waals surface area contributed by atoms with Crippen molar-refractivity contribution in [2.75, 3.05) is 0 Å². The van der Waals surface area contributed by atoms with Crippen LogP contribution in [0.1, 0.15) is 59.3 Å². The maximum absolute atomic E-state index is 11.6. The first kappa shape index (κ1) is 19.1. The Hall–Kier alpha value is 0.0800. The molecule has 0 bridgehead atoms. The van der Waals surface area contributed by atoms with Gasteiger partial charge >= 0.3 is 5.97 Å². The third-order valence-corrected chi connectivity index (χ3v) is 4.07. The lowest BCUT2D eigenvalue weighted by molar-refractivity contribution is -0.155. The molecule has 0 saturated carbocycles. The molecule has 0 spiro atoms. The zero-order valence-electron chi connectivity index (χ0n) is 11.8. The van der Waals surface area contributed by atoms with Gasteiger partial charge in [0, 0.05) is 6.42 Å². The number of ether oxygens (including phenoxy) is 1. The Labute approximate surface area is 131 Å². The van der Waals surface area contributed by atoms with Crippen LogP contribution in [-0.4, -0.2) is 15.4 Å². The lowest BCUT2D eigenvalue weighted by Crippen LogP contribution is -2.41. The van der Waals surface area contributed by atoms with Crippen molar-refractivity contribution in [2.24, 2.45) is 0 Å². The Morgan fingerprint density at radius 1 is 1.11 bits per heavy atom. The second kappa shape index (κ2) is 9.10. The van der Waals surface area contributed by atoms with Gasteiger partial charge in [-0.05, 0) is 33.1 Å². The largest absolute Gasteiger partial charge is 0.455 e. The van der Waals surface area contributed by atoms with Crippen molar-refractivity contribution in [1.29, 1.82) is 0 Å². The Kier molecular flexibility index (Phi) is 9.13. The summed E-state index contributed by atoms with van der Waals surface area (Å²) in [5.41, 5.74) is -1.13. The number of alkyl halides is 3. The standard InChI is InChI=1S/C14H23Cl3O2/c1-4-5-6-7-8-9-10-11-12(18)19-13(2,3)14(15,16)17/h8-9H,4-7,10-11H2,1-3H3. The maximum Gasteiger partial charge on any atom is 0.306 e. The van der Waals surface area contributed by atoms with Gasteiger partial charge in [-0.3, -0.25) is 4.79 Å². The van der Waals surface area contributed by atoms with E-state index in [0.29, 0.717) is 12.8 Å². The molecule has 0 aliphatic heterocycles. The van der Waals surface area contributed by atoms with Crippen LogP contribution in [0.2, 0.25) is 0 Å². The minimum Gasteiger partial charge on any atom is -0.455 e. The Morgan fingerprint density at radius 2 is 1.68 bits per heavy atom. The second-order valence-electron chi connectivity index (χ2n) is 4.99. The molecule has 0 saturated heterocycles. The van der Waals surface area contributed by atoms with Crippen molar-refractivity contribution in [3.05, 3.63) is 12.2 Å². The predicted octanol–water partition coefficient (Wildman–Crippen LogP) is 5.60. The van der Waals surface area contributed by atoms with Crippen molar-refractivity contribution < 1.29 is 9.53 Å². The molecule has 19 heavy (non-hydrogen) atoms. The van der Waals surface area contributed by atoms with E-state index in [4.69, 9.17) is 39.5 Å². The minimum absolute atomic E-state index is 0.300. The van der Waals surface area contributed by atoms with Crippen LogP contribution >= 0.6 is 34.8 Å². The van der Waals surface area contributed by atoms with Gasteiger partial charge in [0.15, 0.2) is 5.60 Å². The van der Waals surface area contributed by atoms with Gasteiger partial charge in [-0.15, -0.1) is 0 Å². The Balaban J connectivity index is 3.88. The molecule has 0 N–H and O–H groups in total. The van der Waals surface area contributed by atoms with E-state index in [9.17, 15) is 4.79 Å². The normalized spacial score (nSPS) is 12.9. The number of carbonyl (C=O) groups is 1. The smallest absolute Gasteiger partial charge is 0.306 e. The fourth-order valence-electron chi connectivity index (χ4n) is 1.34. The Morgan fingerprint density at radius 3 is 2.21 bits per heavy atom. The first-order chi connectivity index (χ1) is 8.70. The zero-order valence-corrected chi connectivity index (χ0v) is 14.1. The summed E-state index contributed by atoms with van der Waals surface area (Å²) in [6.45, 7) is 5.34. The molecule has 0 heterocycles. The topological polar surface area (TPSA) is 26.3 Å².